The fourth-order valence-corrected chi connectivity index (χ4v) is 5.72. The van der Waals surface area contributed by atoms with Crippen LogP contribution in [0.3, 0.4) is 0 Å². The first-order chi connectivity index (χ1) is 16.2. The van der Waals surface area contributed by atoms with Crippen LogP contribution in [0.5, 0.6) is 0 Å². The van der Waals surface area contributed by atoms with Crippen LogP contribution in [0.2, 0.25) is 0 Å². The molecule has 7 nitrogen and oxygen atoms in total. The van der Waals surface area contributed by atoms with Crippen LogP contribution >= 0.6 is 23.1 Å². The Labute approximate surface area is 206 Å². The molecule has 0 aliphatic heterocycles. The van der Waals surface area contributed by atoms with Crippen LogP contribution in [0.4, 0.5) is 5.82 Å². The van der Waals surface area contributed by atoms with E-state index < -0.39 is 0 Å². The zero-order chi connectivity index (χ0) is 24.6. The summed E-state index contributed by atoms with van der Waals surface area (Å²) >= 11 is 2.69. The number of aryl methyl sites for hydroxylation is 2. The smallest absolute Gasteiger partial charge is 0.262 e. The third-order valence-electron chi connectivity index (χ3n) is 6.08. The lowest BCUT2D eigenvalue weighted by Crippen LogP contribution is -2.22. The number of hydrogen-bond donors (Lipinski definition) is 1. The maximum absolute atomic E-state index is 12.9. The number of aromatic nitrogens is 3. The van der Waals surface area contributed by atoms with Crippen LogP contribution in [-0.4, -0.2) is 25.8 Å². The SMILES string of the molecule is Cc1sc2nc(SCC(=O)Nc3c(C#N)c(C)c(C)n3Cc3ccccc3)n(C)c(=O)c2c1C. The summed E-state index contributed by atoms with van der Waals surface area (Å²) in [5.41, 5.74) is 4.16. The van der Waals surface area contributed by atoms with E-state index in [1.807, 2.05) is 62.6 Å². The Hall–Kier alpha value is -3.35. The summed E-state index contributed by atoms with van der Waals surface area (Å²) in [5, 5.41) is 13.8. The van der Waals surface area contributed by atoms with Crippen LogP contribution < -0.4 is 10.9 Å². The molecule has 0 aliphatic rings. The van der Waals surface area contributed by atoms with Crippen molar-refractivity contribution < 1.29 is 4.79 Å². The van der Waals surface area contributed by atoms with Gasteiger partial charge in [-0.15, -0.1) is 11.3 Å². The van der Waals surface area contributed by atoms with E-state index in [-0.39, 0.29) is 17.2 Å². The van der Waals surface area contributed by atoms with Crippen molar-refractivity contribution in [2.45, 2.75) is 39.4 Å². The van der Waals surface area contributed by atoms with Gasteiger partial charge in [0.25, 0.3) is 5.56 Å². The summed E-state index contributed by atoms with van der Waals surface area (Å²) in [6, 6.07) is 12.1. The standard InChI is InChI=1S/C25H25N5O2S2/c1-14-16(3)30(12-18-9-7-6-8-10-18)22(19(14)11-26)27-20(31)13-33-25-28-23-21(24(32)29(25)5)15(2)17(4)34-23/h6-10H,12-13H2,1-5H3,(H,27,31). The first-order valence-electron chi connectivity index (χ1n) is 10.8. The van der Waals surface area contributed by atoms with E-state index in [0.717, 1.165) is 27.3 Å². The highest BCUT2D eigenvalue weighted by molar-refractivity contribution is 7.99. The zero-order valence-electron chi connectivity index (χ0n) is 19.7. The number of benzene rings is 1. The molecule has 3 heterocycles. The number of thiophene rings is 1. The van der Waals surface area contributed by atoms with Gasteiger partial charge >= 0.3 is 0 Å². The molecular formula is C25H25N5O2S2. The Balaban J connectivity index is 1.58. The van der Waals surface area contributed by atoms with Gasteiger partial charge in [0.15, 0.2) is 5.16 Å². The highest BCUT2D eigenvalue weighted by atomic mass is 32.2. The molecule has 0 spiro atoms. The van der Waals surface area contributed by atoms with Gasteiger partial charge in [-0.05, 0) is 44.4 Å². The summed E-state index contributed by atoms with van der Waals surface area (Å²) in [5.74, 6) is 0.296. The predicted octanol–water partition coefficient (Wildman–Crippen LogP) is 4.68. The Morgan fingerprint density at radius 2 is 1.88 bits per heavy atom. The first kappa shape index (κ1) is 23.8. The molecule has 1 amide bonds. The van der Waals surface area contributed by atoms with Crippen LogP contribution in [0.1, 0.15) is 32.8 Å². The number of nitriles is 1. The quantitative estimate of drug-likeness (QED) is 0.312. The average molecular weight is 492 g/mol. The Morgan fingerprint density at radius 3 is 2.56 bits per heavy atom. The summed E-state index contributed by atoms with van der Waals surface area (Å²) in [6.45, 7) is 8.28. The summed E-state index contributed by atoms with van der Waals surface area (Å²) in [6.07, 6.45) is 0. The van der Waals surface area contributed by atoms with E-state index in [4.69, 9.17) is 0 Å². The van der Waals surface area contributed by atoms with Gasteiger partial charge in [-0.1, -0.05) is 42.1 Å². The third-order valence-corrected chi connectivity index (χ3v) is 8.22. The molecule has 0 bridgehead atoms. The van der Waals surface area contributed by atoms with E-state index in [1.165, 1.54) is 27.7 Å². The molecule has 0 radical (unpaired) electrons. The van der Waals surface area contributed by atoms with Crippen molar-refractivity contribution in [3.63, 3.8) is 0 Å². The van der Waals surface area contributed by atoms with Crippen molar-refractivity contribution in [2.75, 3.05) is 11.1 Å². The number of carbonyl (C=O) groups excluding carboxylic acids is 1. The number of hydrogen-bond acceptors (Lipinski definition) is 6. The molecule has 0 saturated heterocycles. The van der Waals surface area contributed by atoms with Crippen LogP contribution in [0.15, 0.2) is 40.3 Å². The van der Waals surface area contributed by atoms with Gasteiger partial charge in [0.2, 0.25) is 5.91 Å². The van der Waals surface area contributed by atoms with Gasteiger partial charge in [-0.2, -0.15) is 5.26 Å². The number of fused-ring (bicyclic) bond motifs is 1. The first-order valence-corrected chi connectivity index (χ1v) is 12.6. The minimum atomic E-state index is -0.263. The molecule has 0 atom stereocenters. The summed E-state index contributed by atoms with van der Waals surface area (Å²) < 4.78 is 3.45. The molecule has 0 fully saturated rings. The van der Waals surface area contributed by atoms with Gasteiger partial charge in [0.1, 0.15) is 16.7 Å². The Bertz CT molecular complexity index is 1510. The number of carbonyl (C=O) groups is 1. The molecule has 0 aliphatic carbocycles. The monoisotopic (exact) mass is 491 g/mol. The molecule has 0 saturated carbocycles. The molecule has 9 heteroatoms. The highest BCUT2D eigenvalue weighted by Gasteiger charge is 2.21. The molecule has 3 aromatic heterocycles. The second kappa shape index (κ2) is 9.49. The van der Waals surface area contributed by atoms with Gasteiger partial charge in [-0.3, -0.25) is 14.2 Å². The van der Waals surface area contributed by atoms with E-state index in [1.54, 1.807) is 7.05 Å². The second-order valence-corrected chi connectivity index (χ2v) is 10.3. The van der Waals surface area contributed by atoms with Gasteiger partial charge in [0, 0.05) is 24.2 Å². The molecule has 4 rings (SSSR count). The van der Waals surface area contributed by atoms with Gasteiger partial charge < -0.3 is 9.88 Å². The third kappa shape index (κ3) is 4.27. The zero-order valence-corrected chi connectivity index (χ0v) is 21.4. The number of anilines is 1. The molecule has 1 aromatic carbocycles. The minimum Gasteiger partial charge on any atom is -0.326 e. The van der Waals surface area contributed by atoms with Crippen molar-refractivity contribution >= 4 is 45.0 Å². The minimum absolute atomic E-state index is 0.0641. The topological polar surface area (TPSA) is 92.7 Å². The number of nitrogens with zero attached hydrogens (tertiary/aromatic N) is 4. The van der Waals surface area contributed by atoms with Crippen molar-refractivity contribution in [3.8, 4) is 6.07 Å². The maximum Gasteiger partial charge on any atom is 0.262 e. The Morgan fingerprint density at radius 1 is 1.18 bits per heavy atom. The van der Waals surface area contributed by atoms with Gasteiger partial charge in [-0.25, -0.2) is 4.98 Å². The number of thioether (sulfide) groups is 1. The fraction of sp³-hybridized carbons (Fsp3) is 0.280. The lowest BCUT2D eigenvalue weighted by atomic mass is 10.2. The van der Waals surface area contributed by atoms with Crippen molar-refractivity contribution in [3.05, 3.63) is 73.5 Å². The summed E-state index contributed by atoms with van der Waals surface area (Å²) in [4.78, 5) is 32.1. The van der Waals surface area contributed by atoms with Crippen LogP contribution in [-0.2, 0) is 18.4 Å². The fourth-order valence-electron chi connectivity index (χ4n) is 3.88. The molecule has 1 N–H and O–H groups in total. The number of rotatable bonds is 6. The predicted molar refractivity (Wildman–Crippen MR) is 138 cm³/mol. The normalized spacial score (nSPS) is 11.1. The summed E-state index contributed by atoms with van der Waals surface area (Å²) in [7, 11) is 1.67. The molecule has 34 heavy (non-hydrogen) atoms. The highest BCUT2D eigenvalue weighted by Crippen LogP contribution is 2.29. The van der Waals surface area contributed by atoms with Gasteiger partial charge in [0.05, 0.1) is 16.7 Å². The van der Waals surface area contributed by atoms with Crippen molar-refractivity contribution in [1.29, 1.82) is 5.26 Å². The van der Waals surface area contributed by atoms with E-state index in [0.29, 0.717) is 33.3 Å². The second-order valence-electron chi connectivity index (χ2n) is 8.18. The van der Waals surface area contributed by atoms with Crippen molar-refractivity contribution in [2.24, 2.45) is 7.05 Å². The van der Waals surface area contributed by atoms with E-state index in [2.05, 4.69) is 16.4 Å². The largest absolute Gasteiger partial charge is 0.326 e. The van der Waals surface area contributed by atoms with Crippen molar-refractivity contribution in [1.82, 2.24) is 14.1 Å². The maximum atomic E-state index is 12.9. The molecular weight excluding hydrogens is 466 g/mol. The van der Waals surface area contributed by atoms with Crippen LogP contribution in [0, 0.1) is 39.0 Å². The average Bonchev–Trinajstić information content (AvgIpc) is 3.23. The lowest BCUT2D eigenvalue weighted by Gasteiger charge is -2.13. The molecule has 174 valence electrons. The Kier molecular flexibility index (Phi) is 6.64. The lowest BCUT2D eigenvalue weighted by molar-refractivity contribution is -0.113. The van der Waals surface area contributed by atoms with E-state index in [9.17, 15) is 14.9 Å². The molecule has 0 unspecified atom stereocenters. The number of amides is 1. The van der Waals surface area contributed by atoms with E-state index >= 15 is 0 Å². The molecule has 4 aromatic rings. The van der Waals surface area contributed by atoms with Crippen LogP contribution in [0.25, 0.3) is 10.2 Å². The number of nitrogens with one attached hydrogen (secondary N) is 1.